The third-order valence-electron chi connectivity index (χ3n) is 2.90. The van der Waals surface area contributed by atoms with Crippen molar-refractivity contribution in [3.63, 3.8) is 0 Å². The van der Waals surface area contributed by atoms with Crippen molar-refractivity contribution in [1.82, 2.24) is 10.6 Å². The number of ether oxygens (including phenoxy) is 1. The number of carboxylic acid groups (broad SMARTS) is 1. The lowest BCUT2D eigenvalue weighted by molar-refractivity contribution is -0.142. The number of hydrogen-bond acceptors (Lipinski definition) is 4. The fourth-order valence-corrected chi connectivity index (χ4v) is 1.83. The highest BCUT2D eigenvalue weighted by Crippen LogP contribution is 2.07. The normalized spacial score (nSPS) is 11.6. The second-order valence-corrected chi connectivity index (χ2v) is 5.47. The number of para-hydroxylation sites is 1. The third-order valence-corrected chi connectivity index (χ3v) is 2.90. The van der Waals surface area contributed by atoms with Gasteiger partial charge in [0.1, 0.15) is 11.8 Å². The molecular formula is C16H22N2O5. The Morgan fingerprint density at radius 2 is 1.78 bits per heavy atom. The minimum absolute atomic E-state index is 0.130. The highest BCUT2D eigenvalue weighted by Gasteiger charge is 2.21. The Hall–Kier alpha value is -2.57. The Morgan fingerprint density at radius 1 is 1.13 bits per heavy atom. The van der Waals surface area contributed by atoms with Gasteiger partial charge in [0.15, 0.2) is 6.61 Å². The molecule has 0 fully saturated rings. The van der Waals surface area contributed by atoms with E-state index in [9.17, 15) is 14.4 Å². The van der Waals surface area contributed by atoms with Crippen LogP contribution in [0, 0.1) is 5.92 Å². The lowest BCUT2D eigenvalue weighted by Gasteiger charge is -2.16. The molecule has 3 N–H and O–H groups in total. The number of rotatable bonds is 9. The van der Waals surface area contributed by atoms with Crippen molar-refractivity contribution in [3.8, 4) is 5.75 Å². The average molecular weight is 322 g/mol. The molecule has 1 aromatic rings. The standard InChI is InChI=1S/C16H22N2O5/c1-11(2)8-13(16(21)22)18-14(19)9-17-15(20)10-23-12-6-4-3-5-7-12/h3-7,11,13H,8-10H2,1-2H3,(H,17,20)(H,18,19)(H,21,22). The first-order valence-electron chi connectivity index (χ1n) is 7.35. The Kier molecular flexibility index (Phi) is 7.59. The summed E-state index contributed by atoms with van der Waals surface area (Å²) in [6.45, 7) is 3.22. The smallest absolute Gasteiger partial charge is 0.326 e. The molecular weight excluding hydrogens is 300 g/mol. The first-order chi connectivity index (χ1) is 10.9. The van der Waals surface area contributed by atoms with Gasteiger partial charge >= 0.3 is 5.97 Å². The van der Waals surface area contributed by atoms with Crippen LogP contribution < -0.4 is 15.4 Å². The molecule has 0 aliphatic heterocycles. The molecule has 1 aromatic carbocycles. The summed E-state index contributed by atoms with van der Waals surface area (Å²) < 4.78 is 5.23. The molecule has 0 bridgehead atoms. The molecule has 23 heavy (non-hydrogen) atoms. The number of carbonyl (C=O) groups excluding carboxylic acids is 2. The van der Waals surface area contributed by atoms with Crippen molar-refractivity contribution in [2.75, 3.05) is 13.2 Å². The molecule has 0 aromatic heterocycles. The van der Waals surface area contributed by atoms with Crippen LogP contribution in [0.4, 0.5) is 0 Å². The number of carboxylic acids is 1. The number of carbonyl (C=O) groups is 3. The average Bonchev–Trinajstić information content (AvgIpc) is 2.50. The lowest BCUT2D eigenvalue weighted by Crippen LogP contribution is -2.46. The number of nitrogens with one attached hydrogen (secondary N) is 2. The van der Waals surface area contributed by atoms with Gasteiger partial charge in [-0.15, -0.1) is 0 Å². The largest absolute Gasteiger partial charge is 0.484 e. The van der Waals surface area contributed by atoms with Crippen molar-refractivity contribution in [3.05, 3.63) is 30.3 Å². The molecule has 0 aliphatic rings. The van der Waals surface area contributed by atoms with Gasteiger partial charge < -0.3 is 20.5 Å². The van der Waals surface area contributed by atoms with Crippen molar-refractivity contribution >= 4 is 17.8 Å². The van der Waals surface area contributed by atoms with E-state index in [1.165, 1.54) is 0 Å². The van der Waals surface area contributed by atoms with Gasteiger partial charge in [-0.3, -0.25) is 9.59 Å². The third kappa shape index (κ3) is 7.85. The molecule has 0 radical (unpaired) electrons. The van der Waals surface area contributed by atoms with Gasteiger partial charge in [-0.05, 0) is 24.5 Å². The lowest BCUT2D eigenvalue weighted by atomic mass is 10.0. The van der Waals surface area contributed by atoms with Crippen LogP contribution >= 0.6 is 0 Å². The van der Waals surface area contributed by atoms with Gasteiger partial charge in [0.2, 0.25) is 5.91 Å². The van der Waals surface area contributed by atoms with Gasteiger partial charge in [-0.25, -0.2) is 4.79 Å². The maximum absolute atomic E-state index is 11.7. The molecule has 0 heterocycles. The predicted octanol–water partition coefficient (Wildman–Crippen LogP) is 0.797. The fraction of sp³-hybridized carbons (Fsp3) is 0.438. The summed E-state index contributed by atoms with van der Waals surface area (Å²) in [4.78, 5) is 34.3. The Morgan fingerprint density at radius 3 is 2.35 bits per heavy atom. The van der Waals surface area contributed by atoms with E-state index in [1.54, 1.807) is 24.3 Å². The number of amides is 2. The van der Waals surface area contributed by atoms with E-state index in [2.05, 4.69) is 10.6 Å². The highest BCUT2D eigenvalue weighted by atomic mass is 16.5. The van der Waals surface area contributed by atoms with Crippen molar-refractivity contribution < 1.29 is 24.2 Å². The summed E-state index contributed by atoms with van der Waals surface area (Å²) in [6.07, 6.45) is 0.326. The van der Waals surface area contributed by atoms with E-state index in [0.717, 1.165) is 0 Å². The topological polar surface area (TPSA) is 105 Å². The molecule has 1 rings (SSSR count). The maximum Gasteiger partial charge on any atom is 0.326 e. The van der Waals surface area contributed by atoms with Crippen LogP contribution in [0.5, 0.6) is 5.75 Å². The van der Waals surface area contributed by atoms with Crippen LogP contribution in [0.3, 0.4) is 0 Å². The fourth-order valence-electron chi connectivity index (χ4n) is 1.83. The summed E-state index contributed by atoms with van der Waals surface area (Å²) in [6, 6.07) is 7.85. The van der Waals surface area contributed by atoms with Crippen molar-refractivity contribution in [2.24, 2.45) is 5.92 Å². The van der Waals surface area contributed by atoms with E-state index in [0.29, 0.717) is 12.2 Å². The number of benzene rings is 1. The molecule has 0 saturated heterocycles. The highest BCUT2D eigenvalue weighted by molar-refractivity contribution is 5.88. The van der Waals surface area contributed by atoms with Gasteiger partial charge in [-0.1, -0.05) is 32.0 Å². The first-order valence-corrected chi connectivity index (χ1v) is 7.35. The minimum Gasteiger partial charge on any atom is -0.484 e. The van der Waals surface area contributed by atoms with E-state index in [1.807, 2.05) is 19.9 Å². The van der Waals surface area contributed by atoms with Gasteiger partial charge in [0.25, 0.3) is 5.91 Å². The Labute approximate surface area is 135 Å². The van der Waals surface area contributed by atoms with Crippen molar-refractivity contribution in [1.29, 1.82) is 0 Å². The van der Waals surface area contributed by atoms with Gasteiger partial charge in [0, 0.05) is 0 Å². The predicted molar refractivity (Wildman–Crippen MR) is 84.0 cm³/mol. The molecule has 7 heteroatoms. The first kappa shape index (κ1) is 18.5. The minimum atomic E-state index is -1.09. The summed E-state index contributed by atoms with van der Waals surface area (Å²) in [5.74, 6) is -1.42. The molecule has 0 spiro atoms. The molecule has 0 aliphatic carbocycles. The summed E-state index contributed by atoms with van der Waals surface area (Å²) in [5, 5.41) is 13.8. The maximum atomic E-state index is 11.7. The van der Waals surface area contributed by atoms with Crippen LogP contribution in [-0.2, 0) is 14.4 Å². The summed E-state index contributed by atoms with van der Waals surface area (Å²) in [7, 11) is 0. The monoisotopic (exact) mass is 322 g/mol. The SMILES string of the molecule is CC(C)CC(NC(=O)CNC(=O)COc1ccccc1)C(=O)O. The molecule has 1 unspecified atom stereocenters. The van der Waals surface area contributed by atoms with E-state index < -0.39 is 23.8 Å². The zero-order valence-electron chi connectivity index (χ0n) is 13.2. The zero-order chi connectivity index (χ0) is 17.2. The number of aliphatic carboxylic acids is 1. The van der Waals surface area contributed by atoms with Crippen LogP contribution in [0.15, 0.2) is 30.3 Å². The van der Waals surface area contributed by atoms with E-state index >= 15 is 0 Å². The van der Waals surface area contributed by atoms with Crippen LogP contribution in [0.25, 0.3) is 0 Å². The second-order valence-electron chi connectivity index (χ2n) is 5.47. The van der Waals surface area contributed by atoms with Crippen molar-refractivity contribution in [2.45, 2.75) is 26.3 Å². The molecule has 7 nitrogen and oxygen atoms in total. The second kappa shape index (κ2) is 9.45. The van der Waals surface area contributed by atoms with Crippen LogP contribution in [0.1, 0.15) is 20.3 Å². The van der Waals surface area contributed by atoms with Gasteiger partial charge in [-0.2, -0.15) is 0 Å². The molecule has 0 saturated carbocycles. The molecule has 1 atom stereocenters. The van der Waals surface area contributed by atoms with Crippen LogP contribution in [-0.4, -0.2) is 42.1 Å². The van der Waals surface area contributed by atoms with E-state index in [4.69, 9.17) is 9.84 Å². The Balaban J connectivity index is 2.31. The van der Waals surface area contributed by atoms with E-state index in [-0.39, 0.29) is 19.1 Å². The Bertz CT molecular complexity index is 531. The molecule has 126 valence electrons. The molecule has 2 amide bonds. The van der Waals surface area contributed by atoms with Gasteiger partial charge in [0.05, 0.1) is 6.54 Å². The summed E-state index contributed by atoms with van der Waals surface area (Å²) in [5.41, 5.74) is 0. The zero-order valence-corrected chi connectivity index (χ0v) is 13.2. The number of hydrogen-bond donors (Lipinski definition) is 3. The summed E-state index contributed by atoms with van der Waals surface area (Å²) >= 11 is 0. The quantitative estimate of drug-likeness (QED) is 0.624. The van der Waals surface area contributed by atoms with Crippen LogP contribution in [0.2, 0.25) is 0 Å².